The molecule has 0 radical (unpaired) electrons. The van der Waals surface area contributed by atoms with E-state index in [4.69, 9.17) is 4.74 Å². The van der Waals surface area contributed by atoms with Gasteiger partial charge in [0.15, 0.2) is 9.84 Å². The molecule has 1 saturated heterocycles. The molecule has 286 valence electrons. The average molecular weight is 765 g/mol. The van der Waals surface area contributed by atoms with Crippen molar-refractivity contribution >= 4 is 33.4 Å². The van der Waals surface area contributed by atoms with Crippen molar-refractivity contribution in [3.63, 3.8) is 0 Å². The van der Waals surface area contributed by atoms with E-state index in [0.29, 0.717) is 56.1 Å². The molecule has 6 rings (SSSR count). The van der Waals surface area contributed by atoms with Crippen LogP contribution >= 0.6 is 0 Å². The second-order valence-electron chi connectivity index (χ2n) is 14.3. The van der Waals surface area contributed by atoms with E-state index >= 15 is 0 Å². The molecule has 5 aromatic rings. The van der Waals surface area contributed by atoms with Crippen LogP contribution in [0.15, 0.2) is 90.3 Å². The van der Waals surface area contributed by atoms with Crippen LogP contribution in [-0.2, 0) is 33.9 Å². The Hall–Kier alpha value is -5.98. The number of aromatic nitrogens is 4. The number of carbonyl (C=O) groups is 3. The molecule has 15 heteroatoms. The van der Waals surface area contributed by atoms with E-state index < -0.39 is 21.3 Å². The Morgan fingerprint density at radius 1 is 0.855 bits per heavy atom. The molecule has 2 aromatic carbocycles. The van der Waals surface area contributed by atoms with Crippen LogP contribution in [0.25, 0.3) is 5.65 Å². The summed E-state index contributed by atoms with van der Waals surface area (Å²) in [7, 11) is -2.19. The normalized spacial score (nSPS) is 13.6. The Bertz CT molecular complexity index is 2360. The lowest BCUT2D eigenvalue weighted by Crippen LogP contribution is -2.51. The van der Waals surface area contributed by atoms with Crippen LogP contribution in [0.1, 0.15) is 63.9 Å². The number of carbonyl (C=O) groups excluding carboxylic acids is 3. The highest BCUT2D eigenvalue weighted by Gasteiger charge is 2.26. The summed E-state index contributed by atoms with van der Waals surface area (Å²) in [6.07, 6.45) is 6.74. The van der Waals surface area contributed by atoms with Crippen molar-refractivity contribution in [3.05, 3.63) is 119 Å². The third-order valence-corrected chi connectivity index (χ3v) is 10.5. The van der Waals surface area contributed by atoms with Gasteiger partial charge in [-0.3, -0.25) is 19.2 Å². The smallest absolute Gasteiger partial charge is 0.410 e. The van der Waals surface area contributed by atoms with Crippen LogP contribution in [0.5, 0.6) is 0 Å². The highest BCUT2D eigenvalue weighted by molar-refractivity contribution is 7.90. The fourth-order valence-electron chi connectivity index (χ4n) is 5.95. The quantitative estimate of drug-likeness (QED) is 0.203. The first kappa shape index (κ1) is 38.7. The Morgan fingerprint density at radius 2 is 1.58 bits per heavy atom. The van der Waals surface area contributed by atoms with Crippen molar-refractivity contribution in [2.75, 3.05) is 39.3 Å². The number of nitrogens with one attached hydrogen (secondary N) is 2. The maximum Gasteiger partial charge on any atom is 0.410 e. The number of benzene rings is 2. The molecule has 4 heterocycles. The molecule has 1 fully saturated rings. The van der Waals surface area contributed by atoms with Gasteiger partial charge < -0.3 is 24.7 Å². The van der Waals surface area contributed by atoms with Crippen molar-refractivity contribution in [1.29, 1.82) is 0 Å². The van der Waals surface area contributed by atoms with Crippen LogP contribution in [0, 0.1) is 11.8 Å². The number of aryl methyl sites for hydroxylation is 1. The Kier molecular flexibility index (Phi) is 11.7. The summed E-state index contributed by atoms with van der Waals surface area (Å²) < 4.78 is 36.1. The molecule has 14 nitrogen and oxygen atoms in total. The van der Waals surface area contributed by atoms with Gasteiger partial charge in [-0.05, 0) is 87.0 Å². The Balaban J connectivity index is 1.10. The van der Waals surface area contributed by atoms with E-state index in [9.17, 15) is 22.8 Å². The van der Waals surface area contributed by atoms with Crippen molar-refractivity contribution < 1.29 is 27.5 Å². The Morgan fingerprint density at radius 3 is 2.29 bits per heavy atom. The molecule has 0 unspecified atom stereocenters. The number of hydrogen-bond acceptors (Lipinski definition) is 9. The second kappa shape index (κ2) is 16.6. The molecular formula is C40H44N8O6S. The van der Waals surface area contributed by atoms with Crippen LogP contribution in [-0.4, -0.2) is 100 Å². The third-order valence-electron chi connectivity index (χ3n) is 8.83. The molecule has 3 amide bonds. The number of piperazine rings is 1. The lowest BCUT2D eigenvalue weighted by Gasteiger charge is -2.35. The van der Waals surface area contributed by atoms with E-state index in [1.54, 1.807) is 54.7 Å². The molecule has 0 spiro atoms. The number of sulfone groups is 1. The van der Waals surface area contributed by atoms with Crippen molar-refractivity contribution in [1.82, 2.24) is 39.6 Å². The maximum atomic E-state index is 13.6. The van der Waals surface area contributed by atoms with Gasteiger partial charge in [-0.25, -0.2) is 18.2 Å². The summed E-state index contributed by atoms with van der Waals surface area (Å²) >= 11 is 0. The summed E-state index contributed by atoms with van der Waals surface area (Å²) in [5.41, 5.74) is 2.86. The predicted molar refractivity (Wildman–Crippen MR) is 206 cm³/mol. The number of fused-ring (bicyclic) bond motifs is 1. The van der Waals surface area contributed by atoms with E-state index in [2.05, 4.69) is 37.5 Å². The lowest BCUT2D eigenvalue weighted by molar-refractivity contribution is 0.0146. The SMILES string of the molecule is Cn1ccc(CS(=O)(=O)c2ccc(C(=O)NCc3ccn4ccnc4c3)cc2C#Cc2ccc(C(=O)NCCN3CCN(C(=O)OC(C)(C)C)CC3)cc2)n1. The standard InChI is InChI=1S/C40H44N8O6S/c1-40(2,3)54-39(51)48-23-21-46(22-24-48)19-15-42-37(49)31-8-5-29(6-9-31)7-10-32-26-33(11-12-35(32)55(52,53)28-34-14-17-45(4)44-34)38(50)43-27-30-13-18-47-20-16-41-36(47)25-30/h5-6,8-9,11-14,16-18,20,25-26H,15,19,21-24,27-28H2,1-4H3,(H,42,49)(H,43,50). The average Bonchev–Trinajstić information content (AvgIpc) is 3.80. The topological polar surface area (TPSA) is 160 Å². The Labute approximate surface area is 320 Å². The largest absolute Gasteiger partial charge is 0.444 e. The van der Waals surface area contributed by atoms with E-state index in [-0.39, 0.29) is 40.3 Å². The first-order valence-corrected chi connectivity index (χ1v) is 19.5. The number of nitrogens with zero attached hydrogens (tertiary/aromatic N) is 6. The van der Waals surface area contributed by atoms with Crippen LogP contribution in [0.3, 0.4) is 0 Å². The fraction of sp³-hybridized carbons (Fsp3) is 0.325. The minimum absolute atomic E-state index is 0.0192. The minimum Gasteiger partial charge on any atom is -0.444 e. The van der Waals surface area contributed by atoms with Crippen molar-refractivity contribution in [3.8, 4) is 11.8 Å². The molecule has 0 atom stereocenters. The zero-order valence-corrected chi connectivity index (χ0v) is 32.1. The minimum atomic E-state index is -3.90. The first-order chi connectivity index (χ1) is 26.2. The number of amides is 3. The zero-order chi connectivity index (χ0) is 39.2. The van der Waals surface area contributed by atoms with E-state index in [1.165, 1.54) is 22.9 Å². The van der Waals surface area contributed by atoms with Crippen molar-refractivity contribution in [2.45, 2.75) is 43.6 Å². The van der Waals surface area contributed by atoms with Gasteiger partial charge in [-0.1, -0.05) is 11.8 Å². The molecular weight excluding hydrogens is 721 g/mol. The summed E-state index contributed by atoms with van der Waals surface area (Å²) in [4.78, 5) is 46.6. The van der Waals surface area contributed by atoms with Gasteiger partial charge >= 0.3 is 6.09 Å². The third kappa shape index (κ3) is 10.4. The molecule has 1 aliphatic heterocycles. The number of pyridine rings is 1. The van der Waals surface area contributed by atoms with Gasteiger partial charge in [-0.2, -0.15) is 5.10 Å². The highest BCUT2D eigenvalue weighted by Crippen LogP contribution is 2.22. The van der Waals surface area contributed by atoms with Crippen LogP contribution < -0.4 is 10.6 Å². The van der Waals surface area contributed by atoms with Gasteiger partial charge in [0, 0.05) is 99.9 Å². The number of imidazole rings is 1. The monoisotopic (exact) mass is 764 g/mol. The van der Waals surface area contributed by atoms with Crippen LogP contribution in [0.2, 0.25) is 0 Å². The zero-order valence-electron chi connectivity index (χ0n) is 31.3. The molecule has 3 aromatic heterocycles. The van der Waals surface area contributed by atoms with Gasteiger partial charge in [-0.15, -0.1) is 0 Å². The first-order valence-electron chi connectivity index (χ1n) is 17.9. The summed E-state index contributed by atoms with van der Waals surface area (Å²) in [5, 5.41) is 10.1. The summed E-state index contributed by atoms with van der Waals surface area (Å²) in [6.45, 7) is 9.35. The van der Waals surface area contributed by atoms with Gasteiger partial charge in [0.1, 0.15) is 11.2 Å². The second-order valence-corrected chi connectivity index (χ2v) is 16.2. The maximum absolute atomic E-state index is 13.6. The van der Waals surface area contributed by atoms with E-state index in [1.807, 2.05) is 49.7 Å². The van der Waals surface area contributed by atoms with Gasteiger partial charge in [0.05, 0.1) is 16.3 Å². The lowest BCUT2D eigenvalue weighted by atomic mass is 10.1. The molecule has 0 saturated carbocycles. The predicted octanol–water partition coefficient (Wildman–Crippen LogP) is 3.65. The van der Waals surface area contributed by atoms with E-state index in [0.717, 1.165) is 11.2 Å². The van der Waals surface area contributed by atoms with Crippen LogP contribution in [0.4, 0.5) is 4.79 Å². The van der Waals surface area contributed by atoms with Gasteiger partial charge in [0.2, 0.25) is 0 Å². The number of ether oxygens (including phenoxy) is 1. The number of hydrogen-bond donors (Lipinski definition) is 2. The van der Waals surface area contributed by atoms with Gasteiger partial charge in [0.25, 0.3) is 11.8 Å². The molecule has 0 bridgehead atoms. The van der Waals surface area contributed by atoms with Crippen molar-refractivity contribution in [2.24, 2.45) is 7.05 Å². The molecule has 2 N–H and O–H groups in total. The molecule has 1 aliphatic rings. The summed E-state index contributed by atoms with van der Waals surface area (Å²) in [6, 6.07) is 16.4. The molecule has 55 heavy (non-hydrogen) atoms. The number of rotatable bonds is 10. The highest BCUT2D eigenvalue weighted by atomic mass is 32.2. The fourth-order valence-corrected chi connectivity index (χ4v) is 7.37. The summed E-state index contributed by atoms with van der Waals surface area (Å²) in [5.74, 6) is 5.01. The molecule has 0 aliphatic carbocycles.